The van der Waals surface area contributed by atoms with Crippen LogP contribution in [0.1, 0.15) is 38.4 Å². The zero-order valence-corrected chi connectivity index (χ0v) is 8.90. The van der Waals surface area contributed by atoms with Gasteiger partial charge in [-0.2, -0.15) is 0 Å². The van der Waals surface area contributed by atoms with Gasteiger partial charge >= 0.3 is 0 Å². The number of aryl methyl sites for hydroxylation is 1. The summed E-state index contributed by atoms with van der Waals surface area (Å²) >= 11 is 0. The standard InChI is InChI=1S/C11H18N2O/c1-3-9-4-5-11(14,8-9)10-12-6-7-13(10)2/h6-7,9,14H,3-5,8H2,1-2H3. The molecule has 0 saturated heterocycles. The number of hydrogen-bond donors (Lipinski definition) is 1. The third kappa shape index (κ3) is 1.46. The van der Waals surface area contributed by atoms with Crippen molar-refractivity contribution in [3.63, 3.8) is 0 Å². The van der Waals surface area contributed by atoms with Crippen LogP contribution in [-0.4, -0.2) is 14.7 Å². The first-order valence-electron chi connectivity index (χ1n) is 5.36. The van der Waals surface area contributed by atoms with E-state index in [1.165, 1.54) is 0 Å². The Morgan fingerprint density at radius 1 is 1.71 bits per heavy atom. The minimum absolute atomic E-state index is 0.664. The minimum atomic E-state index is -0.668. The summed E-state index contributed by atoms with van der Waals surface area (Å²) in [6.45, 7) is 2.19. The van der Waals surface area contributed by atoms with E-state index in [-0.39, 0.29) is 0 Å². The molecule has 2 rings (SSSR count). The first kappa shape index (κ1) is 9.71. The van der Waals surface area contributed by atoms with E-state index < -0.39 is 5.60 Å². The summed E-state index contributed by atoms with van der Waals surface area (Å²) in [5, 5.41) is 10.5. The summed E-state index contributed by atoms with van der Waals surface area (Å²) in [6.07, 6.45) is 7.66. The zero-order valence-electron chi connectivity index (χ0n) is 8.90. The van der Waals surface area contributed by atoms with Crippen LogP contribution in [0.25, 0.3) is 0 Å². The van der Waals surface area contributed by atoms with Crippen molar-refractivity contribution < 1.29 is 5.11 Å². The molecule has 3 nitrogen and oxygen atoms in total. The molecule has 3 heteroatoms. The molecule has 0 spiro atoms. The van der Waals surface area contributed by atoms with E-state index >= 15 is 0 Å². The Labute approximate surface area is 84.8 Å². The molecule has 1 saturated carbocycles. The van der Waals surface area contributed by atoms with Crippen LogP contribution in [0.4, 0.5) is 0 Å². The fourth-order valence-electron chi connectivity index (χ4n) is 2.49. The highest BCUT2D eigenvalue weighted by Gasteiger charge is 2.40. The van der Waals surface area contributed by atoms with Gasteiger partial charge in [0.2, 0.25) is 0 Å². The smallest absolute Gasteiger partial charge is 0.140 e. The number of nitrogens with zero attached hydrogens (tertiary/aromatic N) is 2. The van der Waals surface area contributed by atoms with Crippen LogP contribution in [0.3, 0.4) is 0 Å². The summed E-state index contributed by atoms with van der Waals surface area (Å²) in [7, 11) is 1.94. The lowest BCUT2D eigenvalue weighted by Crippen LogP contribution is -2.26. The molecule has 0 bridgehead atoms. The van der Waals surface area contributed by atoms with Crippen molar-refractivity contribution in [1.82, 2.24) is 9.55 Å². The SMILES string of the molecule is CCC1CCC(O)(c2nccn2C)C1. The van der Waals surface area contributed by atoms with Gasteiger partial charge in [-0.15, -0.1) is 0 Å². The van der Waals surface area contributed by atoms with Crippen molar-refractivity contribution in [3.8, 4) is 0 Å². The van der Waals surface area contributed by atoms with Crippen LogP contribution in [0.15, 0.2) is 12.4 Å². The highest BCUT2D eigenvalue weighted by Crippen LogP contribution is 2.42. The molecule has 0 amide bonds. The maximum Gasteiger partial charge on any atom is 0.140 e. The Morgan fingerprint density at radius 3 is 3.00 bits per heavy atom. The predicted molar refractivity (Wildman–Crippen MR) is 54.7 cm³/mol. The van der Waals surface area contributed by atoms with Gasteiger partial charge in [-0.05, 0) is 25.2 Å². The second kappa shape index (κ2) is 3.39. The van der Waals surface area contributed by atoms with E-state index in [1.807, 2.05) is 17.8 Å². The fourth-order valence-corrected chi connectivity index (χ4v) is 2.49. The maximum atomic E-state index is 10.5. The Balaban J connectivity index is 2.22. The van der Waals surface area contributed by atoms with Gasteiger partial charge in [0.25, 0.3) is 0 Å². The summed E-state index contributed by atoms with van der Waals surface area (Å²) in [4.78, 5) is 4.25. The molecule has 0 aromatic carbocycles. The van der Waals surface area contributed by atoms with Gasteiger partial charge in [-0.3, -0.25) is 0 Å². The Kier molecular flexibility index (Phi) is 2.35. The molecule has 1 fully saturated rings. The van der Waals surface area contributed by atoms with E-state index in [0.717, 1.165) is 31.5 Å². The van der Waals surface area contributed by atoms with Crippen molar-refractivity contribution >= 4 is 0 Å². The Hall–Kier alpha value is -0.830. The predicted octanol–water partition coefficient (Wildman–Crippen LogP) is 1.82. The third-order valence-electron chi connectivity index (χ3n) is 3.41. The summed E-state index contributed by atoms with van der Waals surface area (Å²) in [5.74, 6) is 1.49. The molecule has 1 aliphatic carbocycles. The van der Waals surface area contributed by atoms with E-state index in [2.05, 4.69) is 11.9 Å². The fraction of sp³-hybridized carbons (Fsp3) is 0.727. The van der Waals surface area contributed by atoms with Gasteiger partial charge in [-0.1, -0.05) is 13.3 Å². The lowest BCUT2D eigenvalue weighted by molar-refractivity contribution is 0.0279. The zero-order chi connectivity index (χ0) is 10.2. The second-order valence-electron chi connectivity index (χ2n) is 4.41. The molecule has 1 aromatic rings. The second-order valence-corrected chi connectivity index (χ2v) is 4.41. The summed E-state index contributed by atoms with van der Waals surface area (Å²) < 4.78 is 1.93. The first-order valence-corrected chi connectivity index (χ1v) is 5.36. The van der Waals surface area contributed by atoms with Crippen molar-refractivity contribution in [2.45, 2.75) is 38.2 Å². The average Bonchev–Trinajstić information content (AvgIpc) is 2.73. The van der Waals surface area contributed by atoms with Crippen molar-refractivity contribution in [2.24, 2.45) is 13.0 Å². The van der Waals surface area contributed by atoms with E-state index in [1.54, 1.807) is 6.20 Å². The highest BCUT2D eigenvalue weighted by molar-refractivity contribution is 5.07. The van der Waals surface area contributed by atoms with Gasteiger partial charge in [0.05, 0.1) is 0 Å². The highest BCUT2D eigenvalue weighted by atomic mass is 16.3. The molecule has 2 unspecified atom stereocenters. The molecule has 2 atom stereocenters. The van der Waals surface area contributed by atoms with E-state index in [9.17, 15) is 5.11 Å². The van der Waals surface area contributed by atoms with Crippen LogP contribution in [-0.2, 0) is 12.6 Å². The van der Waals surface area contributed by atoms with Crippen molar-refractivity contribution in [3.05, 3.63) is 18.2 Å². The van der Waals surface area contributed by atoms with Crippen molar-refractivity contribution in [2.75, 3.05) is 0 Å². The molecule has 1 N–H and O–H groups in total. The first-order chi connectivity index (χ1) is 6.65. The average molecular weight is 194 g/mol. The molecule has 78 valence electrons. The summed E-state index contributed by atoms with van der Waals surface area (Å²) in [5.41, 5.74) is -0.668. The largest absolute Gasteiger partial charge is 0.382 e. The number of aliphatic hydroxyl groups is 1. The van der Waals surface area contributed by atoms with Gasteiger partial charge in [0, 0.05) is 19.4 Å². The number of aromatic nitrogens is 2. The molecule has 0 aliphatic heterocycles. The Morgan fingerprint density at radius 2 is 2.50 bits per heavy atom. The monoisotopic (exact) mass is 194 g/mol. The van der Waals surface area contributed by atoms with Crippen LogP contribution in [0.5, 0.6) is 0 Å². The van der Waals surface area contributed by atoms with Crippen LogP contribution >= 0.6 is 0 Å². The normalized spacial score (nSPS) is 32.4. The van der Waals surface area contributed by atoms with Gasteiger partial charge < -0.3 is 9.67 Å². The third-order valence-corrected chi connectivity index (χ3v) is 3.41. The van der Waals surface area contributed by atoms with Crippen LogP contribution < -0.4 is 0 Å². The van der Waals surface area contributed by atoms with Crippen molar-refractivity contribution in [1.29, 1.82) is 0 Å². The van der Waals surface area contributed by atoms with Gasteiger partial charge in [0.15, 0.2) is 0 Å². The quantitative estimate of drug-likeness (QED) is 0.779. The van der Waals surface area contributed by atoms with E-state index in [0.29, 0.717) is 5.92 Å². The summed E-state index contributed by atoms with van der Waals surface area (Å²) in [6, 6.07) is 0. The number of hydrogen-bond acceptors (Lipinski definition) is 2. The van der Waals surface area contributed by atoms with Crippen LogP contribution in [0, 0.1) is 5.92 Å². The molecular formula is C11H18N2O. The van der Waals surface area contributed by atoms with Gasteiger partial charge in [-0.25, -0.2) is 4.98 Å². The molecule has 14 heavy (non-hydrogen) atoms. The molecule has 1 aliphatic rings. The maximum absolute atomic E-state index is 10.5. The molecule has 0 radical (unpaired) electrons. The number of imidazole rings is 1. The molecule has 1 heterocycles. The topological polar surface area (TPSA) is 38.1 Å². The lowest BCUT2D eigenvalue weighted by atomic mass is 9.98. The molecule has 1 aromatic heterocycles. The minimum Gasteiger partial charge on any atom is -0.382 e. The lowest BCUT2D eigenvalue weighted by Gasteiger charge is -2.22. The van der Waals surface area contributed by atoms with Crippen LogP contribution in [0.2, 0.25) is 0 Å². The van der Waals surface area contributed by atoms with E-state index in [4.69, 9.17) is 0 Å². The Bertz CT molecular complexity index is 321. The number of rotatable bonds is 2. The van der Waals surface area contributed by atoms with Gasteiger partial charge in [0.1, 0.15) is 11.4 Å². The molecular weight excluding hydrogens is 176 g/mol.